The maximum Gasteiger partial charge on any atom is 0.220 e. The Labute approximate surface area is 125 Å². The Morgan fingerprint density at radius 3 is 3.00 bits per heavy atom. The van der Waals surface area contributed by atoms with Gasteiger partial charge in [-0.1, -0.05) is 11.6 Å². The molecule has 1 aliphatic heterocycles. The summed E-state index contributed by atoms with van der Waals surface area (Å²) >= 11 is 9.26. The molecule has 0 bridgehead atoms. The number of rotatable bonds is 2. The number of aliphatic hydroxyl groups excluding tert-OH is 1. The Kier molecular flexibility index (Phi) is 4.78. The highest BCUT2D eigenvalue weighted by molar-refractivity contribution is 9.10. The van der Waals surface area contributed by atoms with Crippen LogP contribution in [0.5, 0.6) is 0 Å². The predicted octanol–water partition coefficient (Wildman–Crippen LogP) is 1.35. The van der Waals surface area contributed by atoms with Crippen molar-refractivity contribution in [2.24, 2.45) is 0 Å². The van der Waals surface area contributed by atoms with E-state index in [1.165, 1.54) is 6.92 Å². The number of nitrogens with zero attached hydrogens (tertiary/aromatic N) is 2. The first-order valence-electron chi connectivity index (χ1n) is 5.97. The van der Waals surface area contributed by atoms with Gasteiger partial charge in [-0.3, -0.25) is 4.79 Å². The molecule has 19 heavy (non-hydrogen) atoms. The van der Waals surface area contributed by atoms with Gasteiger partial charge >= 0.3 is 0 Å². The van der Waals surface area contributed by atoms with E-state index >= 15 is 0 Å². The number of amides is 1. The lowest BCUT2D eigenvalue weighted by Crippen LogP contribution is -2.55. The first-order valence-corrected chi connectivity index (χ1v) is 7.14. The molecule has 1 aromatic rings. The largest absolute Gasteiger partial charge is 0.395 e. The van der Waals surface area contributed by atoms with Gasteiger partial charge in [-0.25, -0.2) is 4.98 Å². The molecule has 2 heterocycles. The molecule has 2 N–H and O–H groups in total. The van der Waals surface area contributed by atoms with Crippen molar-refractivity contribution in [3.05, 3.63) is 27.5 Å². The normalized spacial score (nSPS) is 23.5. The van der Waals surface area contributed by atoms with Crippen LogP contribution in [-0.4, -0.2) is 46.6 Å². The van der Waals surface area contributed by atoms with Crippen LogP contribution in [0.2, 0.25) is 5.15 Å². The smallest absolute Gasteiger partial charge is 0.220 e. The van der Waals surface area contributed by atoms with Crippen molar-refractivity contribution < 1.29 is 9.90 Å². The lowest BCUT2D eigenvalue weighted by molar-refractivity contribution is -0.133. The number of carbonyl (C=O) groups is 1. The van der Waals surface area contributed by atoms with Crippen molar-refractivity contribution in [3.63, 3.8) is 0 Å². The summed E-state index contributed by atoms with van der Waals surface area (Å²) in [6, 6.07) is 3.10. The van der Waals surface area contributed by atoms with E-state index in [-0.39, 0.29) is 24.6 Å². The average molecular weight is 349 g/mol. The molecule has 5 nitrogen and oxygen atoms in total. The van der Waals surface area contributed by atoms with Crippen LogP contribution in [0.3, 0.4) is 0 Å². The van der Waals surface area contributed by atoms with Crippen LogP contribution in [0.25, 0.3) is 0 Å². The molecule has 1 amide bonds. The fourth-order valence-corrected chi connectivity index (χ4v) is 3.20. The topological polar surface area (TPSA) is 65.5 Å². The first kappa shape index (κ1) is 14.7. The monoisotopic (exact) mass is 347 g/mol. The number of halogens is 2. The lowest BCUT2D eigenvalue weighted by Gasteiger charge is -2.41. The standard InChI is InChI=1S/C12H15BrClN3O2/c1-7(19)17-3-2-15-9(6-18)12(17)8-4-10(13)16-11(14)5-8/h4-5,9,12,15,18H,2-3,6H2,1H3/t9-,12-/m0/s1. The molecule has 0 aliphatic carbocycles. The quantitative estimate of drug-likeness (QED) is 0.792. The molecule has 1 aliphatic rings. The SMILES string of the molecule is CC(=O)N1CCN[C@@H](CO)[C@@H]1c1cc(Cl)nc(Br)c1. The van der Waals surface area contributed by atoms with Crippen molar-refractivity contribution in [1.82, 2.24) is 15.2 Å². The van der Waals surface area contributed by atoms with Gasteiger partial charge in [-0.05, 0) is 33.6 Å². The molecule has 2 atom stereocenters. The summed E-state index contributed by atoms with van der Waals surface area (Å²) in [6.45, 7) is 2.76. The zero-order chi connectivity index (χ0) is 14.0. The van der Waals surface area contributed by atoms with Gasteiger partial charge in [0.25, 0.3) is 0 Å². The van der Waals surface area contributed by atoms with Crippen LogP contribution in [0.1, 0.15) is 18.5 Å². The molecular weight excluding hydrogens is 334 g/mol. The summed E-state index contributed by atoms with van der Waals surface area (Å²) < 4.78 is 0.612. The minimum absolute atomic E-state index is 0.0194. The third kappa shape index (κ3) is 3.25. The van der Waals surface area contributed by atoms with E-state index in [2.05, 4.69) is 26.2 Å². The van der Waals surface area contributed by atoms with E-state index in [1.54, 1.807) is 11.0 Å². The fraction of sp³-hybridized carbons (Fsp3) is 0.500. The van der Waals surface area contributed by atoms with Crippen LogP contribution in [0.4, 0.5) is 0 Å². The third-order valence-electron chi connectivity index (χ3n) is 3.20. The molecule has 1 aromatic heterocycles. The number of piperazine rings is 1. The second kappa shape index (κ2) is 6.17. The summed E-state index contributed by atoms with van der Waals surface area (Å²) in [5, 5.41) is 13.1. The van der Waals surface area contributed by atoms with Gasteiger partial charge in [0.2, 0.25) is 5.91 Å². The molecule has 7 heteroatoms. The molecule has 104 valence electrons. The highest BCUT2D eigenvalue weighted by atomic mass is 79.9. The molecule has 0 radical (unpaired) electrons. The molecule has 1 saturated heterocycles. The molecule has 0 saturated carbocycles. The fourth-order valence-electron chi connectivity index (χ4n) is 2.42. The van der Waals surface area contributed by atoms with Crippen molar-refractivity contribution >= 4 is 33.4 Å². The van der Waals surface area contributed by atoms with Crippen molar-refractivity contribution in [2.75, 3.05) is 19.7 Å². The Bertz CT molecular complexity index is 466. The average Bonchev–Trinajstić information content (AvgIpc) is 2.36. The second-order valence-corrected chi connectivity index (χ2v) is 5.65. The van der Waals surface area contributed by atoms with E-state index in [0.717, 1.165) is 5.56 Å². The Morgan fingerprint density at radius 2 is 2.42 bits per heavy atom. The van der Waals surface area contributed by atoms with Gasteiger partial charge in [0, 0.05) is 20.0 Å². The van der Waals surface area contributed by atoms with Crippen molar-refractivity contribution in [2.45, 2.75) is 19.0 Å². The maximum absolute atomic E-state index is 11.8. The minimum Gasteiger partial charge on any atom is -0.395 e. The van der Waals surface area contributed by atoms with E-state index < -0.39 is 0 Å². The van der Waals surface area contributed by atoms with Gasteiger partial charge < -0.3 is 15.3 Å². The summed E-state index contributed by atoms with van der Waals surface area (Å²) in [6.07, 6.45) is 0. The highest BCUT2D eigenvalue weighted by Gasteiger charge is 2.33. The van der Waals surface area contributed by atoms with Crippen LogP contribution >= 0.6 is 27.5 Å². The molecule has 1 fully saturated rings. The minimum atomic E-state index is -0.243. The summed E-state index contributed by atoms with van der Waals surface area (Å²) in [5.41, 5.74) is 0.855. The highest BCUT2D eigenvalue weighted by Crippen LogP contribution is 2.30. The van der Waals surface area contributed by atoms with Crippen molar-refractivity contribution in [3.8, 4) is 0 Å². The van der Waals surface area contributed by atoms with Crippen LogP contribution in [-0.2, 0) is 4.79 Å². The van der Waals surface area contributed by atoms with Crippen LogP contribution in [0.15, 0.2) is 16.7 Å². The zero-order valence-electron chi connectivity index (χ0n) is 10.4. The van der Waals surface area contributed by atoms with Gasteiger partial charge in [0.05, 0.1) is 18.7 Å². The number of aliphatic hydroxyl groups is 1. The molecule has 0 spiro atoms. The number of carbonyl (C=O) groups excluding carboxylic acids is 1. The van der Waals surface area contributed by atoms with Gasteiger partial charge in [0.1, 0.15) is 9.76 Å². The summed E-state index contributed by atoms with van der Waals surface area (Å²) in [5.74, 6) is -0.0194. The van der Waals surface area contributed by atoms with Gasteiger partial charge in [-0.15, -0.1) is 0 Å². The van der Waals surface area contributed by atoms with Gasteiger partial charge in [0.15, 0.2) is 0 Å². The number of aromatic nitrogens is 1. The van der Waals surface area contributed by atoms with Crippen LogP contribution in [0, 0.1) is 0 Å². The molecule has 2 rings (SSSR count). The Hall–Kier alpha value is -0.690. The Balaban J connectivity index is 2.42. The Morgan fingerprint density at radius 1 is 1.68 bits per heavy atom. The first-order chi connectivity index (χ1) is 9.02. The molecular formula is C12H15BrClN3O2. The number of pyridine rings is 1. The van der Waals surface area contributed by atoms with E-state index in [0.29, 0.717) is 22.8 Å². The maximum atomic E-state index is 11.8. The number of hydrogen-bond donors (Lipinski definition) is 2. The third-order valence-corrected chi connectivity index (χ3v) is 3.80. The van der Waals surface area contributed by atoms with E-state index in [9.17, 15) is 9.90 Å². The lowest BCUT2D eigenvalue weighted by atomic mass is 9.96. The predicted molar refractivity (Wildman–Crippen MR) is 76.0 cm³/mol. The molecule has 0 aromatic carbocycles. The van der Waals surface area contributed by atoms with Gasteiger partial charge in [-0.2, -0.15) is 0 Å². The number of nitrogens with one attached hydrogen (secondary N) is 1. The van der Waals surface area contributed by atoms with E-state index in [4.69, 9.17) is 11.6 Å². The number of hydrogen-bond acceptors (Lipinski definition) is 4. The summed E-state index contributed by atoms with van der Waals surface area (Å²) in [7, 11) is 0. The van der Waals surface area contributed by atoms with Crippen molar-refractivity contribution in [1.29, 1.82) is 0 Å². The van der Waals surface area contributed by atoms with Crippen LogP contribution < -0.4 is 5.32 Å². The summed E-state index contributed by atoms with van der Waals surface area (Å²) in [4.78, 5) is 17.6. The van der Waals surface area contributed by atoms with E-state index in [1.807, 2.05) is 6.07 Å². The second-order valence-electron chi connectivity index (χ2n) is 4.45. The zero-order valence-corrected chi connectivity index (χ0v) is 12.8. The molecule has 0 unspecified atom stereocenters.